The summed E-state index contributed by atoms with van der Waals surface area (Å²) >= 11 is 1.75. The molecule has 0 saturated carbocycles. The lowest BCUT2D eigenvalue weighted by Crippen LogP contribution is -2.32. The van der Waals surface area contributed by atoms with Gasteiger partial charge >= 0.3 is 0 Å². The predicted molar refractivity (Wildman–Crippen MR) is 92.9 cm³/mol. The van der Waals surface area contributed by atoms with Gasteiger partial charge in [-0.1, -0.05) is 6.07 Å². The summed E-state index contributed by atoms with van der Waals surface area (Å²) < 4.78 is 12.2. The van der Waals surface area contributed by atoms with Crippen LogP contribution in [0.4, 0.5) is 0 Å². The van der Waals surface area contributed by atoms with Gasteiger partial charge in [0.2, 0.25) is 0 Å². The lowest BCUT2D eigenvalue weighted by atomic mass is 9.98. The Labute approximate surface area is 146 Å². The van der Waals surface area contributed by atoms with E-state index in [-0.39, 0.29) is 11.7 Å². The molecular formula is C18H23N3O2S. The van der Waals surface area contributed by atoms with Crippen LogP contribution in [0.25, 0.3) is 0 Å². The van der Waals surface area contributed by atoms with E-state index in [0.717, 1.165) is 43.7 Å². The molecule has 5 nitrogen and oxygen atoms in total. The summed E-state index contributed by atoms with van der Waals surface area (Å²) in [5, 5.41) is 0. The van der Waals surface area contributed by atoms with Crippen molar-refractivity contribution in [2.24, 2.45) is 0 Å². The fraction of sp³-hybridized carbons (Fsp3) is 0.556. The summed E-state index contributed by atoms with van der Waals surface area (Å²) in [6.45, 7) is 6.48. The van der Waals surface area contributed by atoms with Crippen LogP contribution >= 0.6 is 11.3 Å². The number of nitrogens with zero attached hydrogens (tertiary/aromatic N) is 3. The van der Waals surface area contributed by atoms with Crippen LogP contribution in [0.15, 0.2) is 30.0 Å². The minimum Gasteiger partial charge on any atom is -0.371 e. The van der Waals surface area contributed by atoms with Crippen molar-refractivity contribution in [3.8, 4) is 0 Å². The highest BCUT2D eigenvalue weighted by molar-refractivity contribution is 7.09. The maximum absolute atomic E-state index is 6.19. The van der Waals surface area contributed by atoms with Gasteiger partial charge in [0.15, 0.2) is 0 Å². The zero-order chi connectivity index (χ0) is 16.4. The Hall–Kier alpha value is -1.34. The lowest BCUT2D eigenvalue weighted by molar-refractivity contribution is -0.000421. The minimum absolute atomic E-state index is 0.0157. The molecule has 0 aliphatic carbocycles. The molecule has 2 aromatic heterocycles. The molecule has 2 aliphatic rings. The zero-order valence-corrected chi connectivity index (χ0v) is 14.8. The Morgan fingerprint density at radius 1 is 1.50 bits per heavy atom. The normalized spacial score (nSPS) is 27.3. The number of rotatable bonds is 5. The van der Waals surface area contributed by atoms with Crippen molar-refractivity contribution in [3.63, 3.8) is 0 Å². The number of hydrogen-bond donors (Lipinski definition) is 0. The van der Waals surface area contributed by atoms with E-state index in [4.69, 9.17) is 9.47 Å². The highest BCUT2D eigenvalue weighted by atomic mass is 32.1. The lowest BCUT2D eigenvalue weighted by Gasteiger charge is -2.23. The van der Waals surface area contributed by atoms with Crippen LogP contribution in [-0.2, 0) is 22.6 Å². The predicted octanol–water partition coefficient (Wildman–Crippen LogP) is 2.80. The highest BCUT2D eigenvalue weighted by Gasteiger charge is 2.45. The maximum atomic E-state index is 6.19. The van der Waals surface area contributed by atoms with Gasteiger partial charge in [-0.25, -0.2) is 4.98 Å². The van der Waals surface area contributed by atoms with E-state index in [1.165, 1.54) is 4.88 Å². The van der Waals surface area contributed by atoms with E-state index in [1.807, 2.05) is 23.8 Å². The van der Waals surface area contributed by atoms with Crippen LogP contribution in [0, 0.1) is 6.92 Å². The number of hydrogen-bond acceptors (Lipinski definition) is 6. The van der Waals surface area contributed by atoms with E-state index < -0.39 is 0 Å². The number of likely N-dealkylation sites (tertiary alicyclic amines) is 1. The third-order valence-corrected chi connectivity index (χ3v) is 5.91. The molecule has 6 heteroatoms. The van der Waals surface area contributed by atoms with Crippen molar-refractivity contribution in [2.45, 2.75) is 44.6 Å². The Morgan fingerprint density at radius 3 is 3.25 bits per heavy atom. The number of pyridine rings is 1. The summed E-state index contributed by atoms with van der Waals surface area (Å²) in [7, 11) is 0. The average Bonchev–Trinajstić information content (AvgIpc) is 3.30. The minimum atomic E-state index is -0.0157. The molecular weight excluding hydrogens is 322 g/mol. The molecule has 0 radical (unpaired) electrons. The molecule has 0 aromatic carbocycles. The molecule has 2 atom stereocenters. The third kappa shape index (κ3) is 3.52. The molecule has 0 amide bonds. The third-order valence-electron chi connectivity index (χ3n) is 4.99. The van der Waals surface area contributed by atoms with Crippen LogP contribution in [0.2, 0.25) is 0 Å². The molecule has 0 unspecified atom stereocenters. The fourth-order valence-corrected chi connectivity index (χ4v) is 4.45. The second-order valence-electron chi connectivity index (χ2n) is 6.81. The zero-order valence-electron chi connectivity index (χ0n) is 14.0. The van der Waals surface area contributed by atoms with Crippen molar-refractivity contribution >= 4 is 11.3 Å². The van der Waals surface area contributed by atoms with E-state index in [9.17, 15) is 0 Å². The average molecular weight is 345 g/mol. The van der Waals surface area contributed by atoms with Gasteiger partial charge in [0, 0.05) is 43.3 Å². The Kier molecular flexibility index (Phi) is 4.63. The van der Waals surface area contributed by atoms with Gasteiger partial charge in [-0.3, -0.25) is 9.88 Å². The first-order valence-corrected chi connectivity index (χ1v) is 9.36. The van der Waals surface area contributed by atoms with Crippen LogP contribution < -0.4 is 0 Å². The van der Waals surface area contributed by atoms with Crippen molar-refractivity contribution in [1.82, 2.24) is 14.9 Å². The second kappa shape index (κ2) is 6.88. The molecule has 2 aliphatic heterocycles. The molecule has 0 bridgehead atoms. The number of aromatic nitrogens is 2. The van der Waals surface area contributed by atoms with Gasteiger partial charge in [0.25, 0.3) is 0 Å². The van der Waals surface area contributed by atoms with Crippen molar-refractivity contribution < 1.29 is 9.47 Å². The topological polar surface area (TPSA) is 47.5 Å². The number of ether oxygens (including phenoxy) is 2. The van der Waals surface area contributed by atoms with Crippen LogP contribution in [0.5, 0.6) is 0 Å². The van der Waals surface area contributed by atoms with Gasteiger partial charge in [-0.15, -0.1) is 11.3 Å². The fourth-order valence-electron chi connectivity index (χ4n) is 3.64. The molecule has 24 heavy (non-hydrogen) atoms. The van der Waals surface area contributed by atoms with Crippen LogP contribution in [-0.4, -0.2) is 46.3 Å². The molecule has 2 fully saturated rings. The Bertz CT molecular complexity index is 678. The first-order valence-electron chi connectivity index (χ1n) is 8.48. The Balaban J connectivity index is 1.29. The van der Waals surface area contributed by atoms with E-state index in [2.05, 4.69) is 21.8 Å². The quantitative estimate of drug-likeness (QED) is 0.834. The smallest absolute Gasteiger partial charge is 0.0847 e. The summed E-state index contributed by atoms with van der Waals surface area (Å²) in [5.41, 5.74) is 4.20. The van der Waals surface area contributed by atoms with E-state index in [1.54, 1.807) is 17.5 Å². The molecule has 2 saturated heterocycles. The molecule has 1 spiro atoms. The standard InChI is InChI=1S/C18H23N3O2S/c1-14-17(24-13-20-14)9-21-6-4-18(12-21)7-16(11-23-18)22-10-15-3-2-5-19-8-15/h2-3,5,8,13,16H,4,6-7,9-12H2,1H3/t16-,18-/m0/s1. The first-order chi connectivity index (χ1) is 11.7. The Morgan fingerprint density at radius 2 is 2.46 bits per heavy atom. The van der Waals surface area contributed by atoms with Crippen molar-refractivity contribution in [1.29, 1.82) is 0 Å². The van der Waals surface area contributed by atoms with Crippen LogP contribution in [0.1, 0.15) is 29.0 Å². The largest absolute Gasteiger partial charge is 0.371 e. The van der Waals surface area contributed by atoms with Crippen LogP contribution in [0.3, 0.4) is 0 Å². The van der Waals surface area contributed by atoms with Gasteiger partial charge in [0.1, 0.15) is 0 Å². The second-order valence-corrected chi connectivity index (χ2v) is 7.75. The molecule has 128 valence electrons. The summed E-state index contributed by atoms with van der Waals surface area (Å²) in [6.07, 6.45) is 5.92. The summed E-state index contributed by atoms with van der Waals surface area (Å²) in [4.78, 5) is 12.3. The summed E-state index contributed by atoms with van der Waals surface area (Å²) in [5.74, 6) is 0. The number of thiazole rings is 1. The van der Waals surface area contributed by atoms with Gasteiger partial charge < -0.3 is 9.47 Å². The molecule has 4 rings (SSSR count). The molecule has 0 N–H and O–H groups in total. The van der Waals surface area contributed by atoms with E-state index >= 15 is 0 Å². The molecule has 2 aromatic rings. The van der Waals surface area contributed by atoms with Crippen molar-refractivity contribution in [2.75, 3.05) is 19.7 Å². The van der Waals surface area contributed by atoms with Gasteiger partial charge in [0.05, 0.1) is 36.1 Å². The SMILES string of the molecule is Cc1ncsc1CN1CC[C@]2(C[C@H](OCc3cccnc3)CO2)C1. The van der Waals surface area contributed by atoms with Gasteiger partial charge in [-0.2, -0.15) is 0 Å². The van der Waals surface area contributed by atoms with Gasteiger partial charge in [-0.05, 0) is 25.0 Å². The summed E-state index contributed by atoms with van der Waals surface area (Å²) in [6, 6.07) is 3.99. The molecule has 4 heterocycles. The first kappa shape index (κ1) is 16.1. The van der Waals surface area contributed by atoms with Crippen molar-refractivity contribution in [3.05, 3.63) is 46.2 Å². The maximum Gasteiger partial charge on any atom is 0.0847 e. The highest BCUT2D eigenvalue weighted by Crippen LogP contribution is 2.37. The number of aryl methyl sites for hydroxylation is 1. The monoisotopic (exact) mass is 345 g/mol. The van der Waals surface area contributed by atoms with E-state index in [0.29, 0.717) is 13.2 Å².